The van der Waals surface area contributed by atoms with Gasteiger partial charge in [0, 0.05) is 18.9 Å². The molecule has 0 bridgehead atoms. The van der Waals surface area contributed by atoms with Crippen molar-refractivity contribution in [3.05, 3.63) is 0 Å². The zero-order valence-corrected chi connectivity index (χ0v) is 11.1. The highest BCUT2D eigenvalue weighted by molar-refractivity contribution is 5.85. The van der Waals surface area contributed by atoms with Crippen molar-refractivity contribution >= 4 is 17.8 Å². The molecule has 0 radical (unpaired) electrons. The topological polar surface area (TPSA) is 105 Å². The van der Waals surface area contributed by atoms with E-state index in [2.05, 4.69) is 15.4 Å². The average molecular weight is 272 g/mol. The highest BCUT2D eigenvalue weighted by Gasteiger charge is 2.38. The van der Waals surface area contributed by atoms with E-state index in [0.29, 0.717) is 5.92 Å². The Balaban J connectivity index is 2.20. The predicted octanol–water partition coefficient (Wildman–Crippen LogP) is -1.20. The van der Waals surface area contributed by atoms with E-state index >= 15 is 0 Å². The Kier molecular flexibility index (Phi) is 5.75. The Morgan fingerprint density at radius 3 is 2.53 bits per heavy atom. The summed E-state index contributed by atoms with van der Waals surface area (Å²) in [5.41, 5.74) is 0. The van der Waals surface area contributed by atoms with Crippen LogP contribution >= 0.6 is 0 Å². The first-order valence-corrected chi connectivity index (χ1v) is 6.25. The van der Waals surface area contributed by atoms with Crippen molar-refractivity contribution < 1.29 is 24.2 Å². The van der Waals surface area contributed by atoms with Crippen LogP contribution in [0.15, 0.2) is 0 Å². The van der Waals surface area contributed by atoms with E-state index in [1.54, 1.807) is 0 Å². The van der Waals surface area contributed by atoms with Gasteiger partial charge < -0.3 is 20.5 Å². The zero-order chi connectivity index (χ0) is 14.4. The fourth-order valence-corrected chi connectivity index (χ4v) is 1.71. The largest absolute Gasteiger partial charge is 0.467 e. The van der Waals surface area contributed by atoms with Crippen LogP contribution in [0.2, 0.25) is 0 Å². The molecule has 2 unspecified atom stereocenters. The van der Waals surface area contributed by atoms with E-state index < -0.39 is 24.5 Å². The fourth-order valence-electron chi connectivity index (χ4n) is 1.71. The zero-order valence-electron chi connectivity index (χ0n) is 11.1. The first-order chi connectivity index (χ1) is 8.99. The Bertz CT molecular complexity index is 358. The van der Waals surface area contributed by atoms with Gasteiger partial charge in [-0.2, -0.15) is 0 Å². The lowest BCUT2D eigenvalue weighted by molar-refractivity contribution is -0.146. The molecule has 0 aromatic rings. The van der Waals surface area contributed by atoms with Crippen LogP contribution in [0.1, 0.15) is 19.8 Å². The van der Waals surface area contributed by atoms with Crippen molar-refractivity contribution in [1.29, 1.82) is 0 Å². The summed E-state index contributed by atoms with van der Waals surface area (Å²) in [5.74, 6) is -0.664. The summed E-state index contributed by atoms with van der Waals surface area (Å²) in [6.07, 6.45) is 0.952. The number of esters is 1. The summed E-state index contributed by atoms with van der Waals surface area (Å²) in [4.78, 5) is 34.1. The van der Waals surface area contributed by atoms with E-state index in [1.807, 2.05) is 6.92 Å². The van der Waals surface area contributed by atoms with Gasteiger partial charge in [-0.25, -0.2) is 4.79 Å². The van der Waals surface area contributed by atoms with Crippen LogP contribution in [0.4, 0.5) is 0 Å². The third kappa shape index (κ3) is 4.86. The number of carbonyl (C=O) groups is 3. The summed E-state index contributed by atoms with van der Waals surface area (Å²) in [6.45, 7) is 1.69. The molecule has 2 amide bonds. The Morgan fingerprint density at radius 2 is 2.05 bits per heavy atom. The van der Waals surface area contributed by atoms with Crippen LogP contribution in [-0.4, -0.2) is 49.2 Å². The Morgan fingerprint density at radius 1 is 1.42 bits per heavy atom. The van der Waals surface area contributed by atoms with Crippen LogP contribution in [0, 0.1) is 11.8 Å². The number of carbonyl (C=O) groups excluding carboxylic acids is 3. The molecule has 7 heteroatoms. The van der Waals surface area contributed by atoms with Crippen LogP contribution in [-0.2, 0) is 19.1 Å². The third-order valence-corrected chi connectivity index (χ3v) is 3.10. The molecule has 1 aliphatic rings. The molecule has 0 aromatic heterocycles. The molecule has 0 spiro atoms. The van der Waals surface area contributed by atoms with Gasteiger partial charge in [0.05, 0.1) is 13.7 Å². The van der Waals surface area contributed by atoms with E-state index in [1.165, 1.54) is 7.11 Å². The molecular formula is C12H20N2O5. The smallest absolute Gasteiger partial charge is 0.330 e. The molecule has 0 saturated heterocycles. The van der Waals surface area contributed by atoms with Gasteiger partial charge >= 0.3 is 5.97 Å². The van der Waals surface area contributed by atoms with Gasteiger partial charge in [0.15, 0.2) is 6.04 Å². The number of hydrogen-bond acceptors (Lipinski definition) is 5. The van der Waals surface area contributed by atoms with Gasteiger partial charge in [-0.1, -0.05) is 6.92 Å². The van der Waals surface area contributed by atoms with E-state index in [9.17, 15) is 14.4 Å². The summed E-state index contributed by atoms with van der Waals surface area (Å²) in [5, 5.41) is 13.9. The quantitative estimate of drug-likeness (QED) is 0.505. The number of ether oxygens (including phenoxy) is 1. The third-order valence-electron chi connectivity index (χ3n) is 3.10. The summed E-state index contributed by atoms with van der Waals surface area (Å²) < 4.78 is 4.41. The average Bonchev–Trinajstić information content (AvgIpc) is 3.12. The monoisotopic (exact) mass is 272 g/mol. The lowest BCUT2D eigenvalue weighted by Crippen LogP contribution is -2.45. The number of amides is 2. The number of aliphatic hydroxyl groups is 1. The fraction of sp³-hybridized carbons (Fsp3) is 0.750. The molecule has 1 fully saturated rings. The van der Waals surface area contributed by atoms with Gasteiger partial charge in [0.25, 0.3) is 0 Å². The van der Waals surface area contributed by atoms with Crippen molar-refractivity contribution in [2.24, 2.45) is 11.8 Å². The first kappa shape index (κ1) is 15.4. The maximum Gasteiger partial charge on any atom is 0.330 e. The predicted molar refractivity (Wildman–Crippen MR) is 65.9 cm³/mol. The molecular weight excluding hydrogens is 252 g/mol. The highest BCUT2D eigenvalue weighted by Crippen LogP contribution is 2.37. The number of methoxy groups -OCH3 is 1. The van der Waals surface area contributed by atoms with Crippen molar-refractivity contribution in [3.63, 3.8) is 0 Å². The molecule has 7 nitrogen and oxygen atoms in total. The summed E-state index contributed by atoms with van der Waals surface area (Å²) in [7, 11) is 1.17. The van der Waals surface area contributed by atoms with Crippen molar-refractivity contribution in [2.45, 2.75) is 25.8 Å². The van der Waals surface area contributed by atoms with Gasteiger partial charge in [0.2, 0.25) is 11.8 Å². The number of aliphatic hydroxyl groups excluding tert-OH is 1. The van der Waals surface area contributed by atoms with Crippen molar-refractivity contribution in [1.82, 2.24) is 10.6 Å². The van der Waals surface area contributed by atoms with E-state index in [0.717, 1.165) is 6.42 Å². The lowest BCUT2D eigenvalue weighted by Gasteiger charge is -2.13. The van der Waals surface area contributed by atoms with Crippen LogP contribution in [0.5, 0.6) is 0 Å². The molecule has 0 heterocycles. The standard InChI is InChI=1S/C12H20N2O5/c1-7-5-8(7)11(17)13-4-3-10(16)14-9(6-15)12(18)19-2/h7-9,15H,3-6H2,1-2H3,(H,13,17)(H,14,16)/t7?,8?,9-/m0/s1. The Labute approximate surface area is 111 Å². The SMILES string of the molecule is COC(=O)[C@H](CO)NC(=O)CCNC(=O)C1CC1C. The Hall–Kier alpha value is -1.63. The van der Waals surface area contributed by atoms with Gasteiger partial charge in [-0.05, 0) is 12.3 Å². The minimum atomic E-state index is -1.06. The molecule has 108 valence electrons. The lowest BCUT2D eigenvalue weighted by atomic mass is 10.3. The maximum atomic E-state index is 11.5. The molecule has 1 saturated carbocycles. The number of nitrogens with one attached hydrogen (secondary N) is 2. The first-order valence-electron chi connectivity index (χ1n) is 6.25. The molecule has 19 heavy (non-hydrogen) atoms. The normalized spacial score (nSPS) is 22.3. The van der Waals surface area contributed by atoms with Crippen molar-refractivity contribution in [3.8, 4) is 0 Å². The minimum Gasteiger partial charge on any atom is -0.467 e. The molecule has 0 aliphatic heterocycles. The maximum absolute atomic E-state index is 11.5. The number of rotatable bonds is 7. The van der Waals surface area contributed by atoms with E-state index in [-0.39, 0.29) is 24.8 Å². The summed E-state index contributed by atoms with van der Waals surface area (Å²) >= 11 is 0. The molecule has 3 atom stereocenters. The van der Waals surface area contributed by atoms with Crippen LogP contribution < -0.4 is 10.6 Å². The van der Waals surface area contributed by atoms with Gasteiger partial charge in [0.1, 0.15) is 0 Å². The van der Waals surface area contributed by atoms with Crippen molar-refractivity contribution in [2.75, 3.05) is 20.3 Å². The van der Waals surface area contributed by atoms with Gasteiger partial charge in [-0.15, -0.1) is 0 Å². The van der Waals surface area contributed by atoms with Crippen LogP contribution in [0.3, 0.4) is 0 Å². The second-order valence-electron chi connectivity index (χ2n) is 4.69. The minimum absolute atomic E-state index is 0.0352. The summed E-state index contributed by atoms with van der Waals surface area (Å²) in [6, 6.07) is -1.06. The highest BCUT2D eigenvalue weighted by atomic mass is 16.5. The van der Waals surface area contributed by atoms with Gasteiger partial charge in [-0.3, -0.25) is 9.59 Å². The molecule has 1 rings (SSSR count). The second kappa shape index (κ2) is 7.08. The number of hydrogen-bond donors (Lipinski definition) is 3. The second-order valence-corrected chi connectivity index (χ2v) is 4.69. The molecule has 0 aromatic carbocycles. The molecule has 1 aliphatic carbocycles. The molecule has 3 N–H and O–H groups in total. The van der Waals surface area contributed by atoms with Crippen LogP contribution in [0.25, 0.3) is 0 Å². The van der Waals surface area contributed by atoms with E-state index in [4.69, 9.17) is 5.11 Å².